The third kappa shape index (κ3) is 3.29. The van der Waals surface area contributed by atoms with E-state index in [-0.39, 0.29) is 11.8 Å². The molecule has 2 aliphatic carbocycles. The van der Waals surface area contributed by atoms with Gasteiger partial charge in [-0.05, 0) is 61.6 Å². The van der Waals surface area contributed by atoms with Gasteiger partial charge in [-0.1, -0.05) is 30.7 Å². The number of rotatable bonds is 4. The average Bonchev–Trinajstić information content (AvgIpc) is 2.99. The number of benzene rings is 1. The summed E-state index contributed by atoms with van der Waals surface area (Å²) in [6.07, 6.45) is 6.62. The van der Waals surface area contributed by atoms with Crippen molar-refractivity contribution in [3.63, 3.8) is 0 Å². The maximum atomic E-state index is 12.4. The first-order valence-electron chi connectivity index (χ1n) is 8.32. The standard InChI is InChI=1S/C18H26N2O/c19-11-16-6-3-7-17(16)12-20-18(21)15-9-8-13-4-1-2-5-14(13)10-15/h1-2,4-5,15-17H,3,6-12,19H2,(H,20,21). The number of hydrogen-bond donors (Lipinski definition) is 2. The molecule has 3 heteroatoms. The molecule has 1 aromatic rings. The largest absolute Gasteiger partial charge is 0.356 e. The van der Waals surface area contributed by atoms with Crippen LogP contribution < -0.4 is 11.1 Å². The second-order valence-electron chi connectivity index (χ2n) is 6.64. The Morgan fingerprint density at radius 2 is 1.90 bits per heavy atom. The summed E-state index contributed by atoms with van der Waals surface area (Å²) in [4.78, 5) is 12.4. The SMILES string of the molecule is NCC1CCCC1CNC(=O)C1CCc2ccccc2C1. The van der Waals surface area contributed by atoms with E-state index in [4.69, 9.17) is 5.73 Å². The summed E-state index contributed by atoms with van der Waals surface area (Å²) in [5, 5.41) is 3.19. The molecule has 3 nitrogen and oxygen atoms in total. The molecule has 3 rings (SSSR count). The maximum absolute atomic E-state index is 12.4. The predicted molar refractivity (Wildman–Crippen MR) is 84.9 cm³/mol. The Labute approximate surface area is 127 Å². The fourth-order valence-corrected chi connectivity index (χ4v) is 3.99. The number of fused-ring (bicyclic) bond motifs is 1. The number of nitrogens with one attached hydrogen (secondary N) is 1. The lowest BCUT2D eigenvalue weighted by Crippen LogP contribution is -2.38. The summed E-state index contributed by atoms with van der Waals surface area (Å²) >= 11 is 0. The van der Waals surface area contributed by atoms with Crippen molar-refractivity contribution in [3.8, 4) is 0 Å². The highest BCUT2D eigenvalue weighted by Crippen LogP contribution is 2.30. The van der Waals surface area contributed by atoms with Crippen molar-refractivity contribution in [1.82, 2.24) is 5.32 Å². The zero-order valence-corrected chi connectivity index (χ0v) is 12.7. The number of hydrogen-bond acceptors (Lipinski definition) is 2. The van der Waals surface area contributed by atoms with Crippen LogP contribution in [0.1, 0.15) is 36.8 Å². The molecule has 0 spiro atoms. The Balaban J connectivity index is 1.52. The lowest BCUT2D eigenvalue weighted by Gasteiger charge is -2.25. The summed E-state index contributed by atoms with van der Waals surface area (Å²) in [7, 11) is 0. The van der Waals surface area contributed by atoms with E-state index in [2.05, 4.69) is 29.6 Å². The van der Waals surface area contributed by atoms with E-state index in [1.165, 1.54) is 30.4 Å². The number of amides is 1. The van der Waals surface area contributed by atoms with E-state index in [9.17, 15) is 4.79 Å². The molecule has 0 radical (unpaired) electrons. The van der Waals surface area contributed by atoms with Crippen LogP contribution in [0.2, 0.25) is 0 Å². The van der Waals surface area contributed by atoms with Gasteiger partial charge in [-0.2, -0.15) is 0 Å². The second kappa shape index (κ2) is 6.61. The second-order valence-corrected chi connectivity index (χ2v) is 6.64. The van der Waals surface area contributed by atoms with Gasteiger partial charge in [-0.3, -0.25) is 4.79 Å². The molecule has 3 N–H and O–H groups in total. The topological polar surface area (TPSA) is 55.1 Å². The molecule has 1 saturated carbocycles. The molecule has 2 aliphatic rings. The van der Waals surface area contributed by atoms with Gasteiger partial charge in [0.2, 0.25) is 5.91 Å². The molecule has 0 bridgehead atoms. The zero-order chi connectivity index (χ0) is 14.7. The maximum Gasteiger partial charge on any atom is 0.223 e. The van der Waals surface area contributed by atoms with Gasteiger partial charge in [0.15, 0.2) is 0 Å². The third-order valence-corrected chi connectivity index (χ3v) is 5.38. The van der Waals surface area contributed by atoms with Crippen LogP contribution >= 0.6 is 0 Å². The molecule has 3 unspecified atom stereocenters. The number of aryl methyl sites for hydroxylation is 1. The summed E-state index contributed by atoms with van der Waals surface area (Å²) in [5.41, 5.74) is 8.58. The minimum Gasteiger partial charge on any atom is -0.356 e. The molecule has 0 aliphatic heterocycles. The van der Waals surface area contributed by atoms with Crippen molar-refractivity contribution >= 4 is 5.91 Å². The number of carbonyl (C=O) groups is 1. The van der Waals surface area contributed by atoms with Crippen LogP contribution in [0.5, 0.6) is 0 Å². The Morgan fingerprint density at radius 1 is 1.14 bits per heavy atom. The molecule has 114 valence electrons. The minimum absolute atomic E-state index is 0.151. The van der Waals surface area contributed by atoms with Gasteiger partial charge in [0.05, 0.1) is 0 Å². The van der Waals surface area contributed by atoms with Gasteiger partial charge in [0.25, 0.3) is 0 Å². The van der Waals surface area contributed by atoms with Crippen LogP contribution in [0, 0.1) is 17.8 Å². The lowest BCUT2D eigenvalue weighted by molar-refractivity contribution is -0.125. The highest BCUT2D eigenvalue weighted by Gasteiger charge is 2.28. The Kier molecular flexibility index (Phi) is 4.59. The molecule has 1 aromatic carbocycles. The zero-order valence-electron chi connectivity index (χ0n) is 12.7. The van der Waals surface area contributed by atoms with E-state index >= 15 is 0 Å². The first-order valence-corrected chi connectivity index (χ1v) is 8.32. The van der Waals surface area contributed by atoms with E-state index in [0.29, 0.717) is 11.8 Å². The van der Waals surface area contributed by atoms with E-state index < -0.39 is 0 Å². The first-order chi connectivity index (χ1) is 10.3. The molecule has 0 heterocycles. The highest BCUT2D eigenvalue weighted by atomic mass is 16.1. The Hall–Kier alpha value is -1.35. The smallest absolute Gasteiger partial charge is 0.223 e. The van der Waals surface area contributed by atoms with Crippen molar-refractivity contribution in [1.29, 1.82) is 0 Å². The molecule has 3 atom stereocenters. The molecular weight excluding hydrogens is 260 g/mol. The van der Waals surface area contributed by atoms with Gasteiger partial charge in [-0.25, -0.2) is 0 Å². The fraction of sp³-hybridized carbons (Fsp3) is 0.611. The summed E-state index contributed by atoms with van der Waals surface area (Å²) in [6, 6.07) is 8.51. The van der Waals surface area contributed by atoms with Gasteiger partial charge in [-0.15, -0.1) is 0 Å². The van der Waals surface area contributed by atoms with Crippen molar-refractivity contribution < 1.29 is 4.79 Å². The first kappa shape index (κ1) is 14.6. The Bertz CT molecular complexity index is 500. The van der Waals surface area contributed by atoms with Crippen molar-refractivity contribution in [3.05, 3.63) is 35.4 Å². The molecular formula is C18H26N2O. The highest BCUT2D eigenvalue weighted by molar-refractivity contribution is 5.79. The summed E-state index contributed by atoms with van der Waals surface area (Å²) < 4.78 is 0. The van der Waals surface area contributed by atoms with Crippen LogP contribution in [0.15, 0.2) is 24.3 Å². The molecule has 1 fully saturated rings. The van der Waals surface area contributed by atoms with Crippen LogP contribution in [0.25, 0.3) is 0 Å². The summed E-state index contributed by atoms with van der Waals surface area (Å²) in [5.74, 6) is 1.59. The normalized spacial score (nSPS) is 28.1. The van der Waals surface area contributed by atoms with Gasteiger partial charge < -0.3 is 11.1 Å². The van der Waals surface area contributed by atoms with Crippen molar-refractivity contribution in [2.75, 3.05) is 13.1 Å². The fourth-order valence-electron chi connectivity index (χ4n) is 3.99. The minimum atomic E-state index is 0.151. The quantitative estimate of drug-likeness (QED) is 0.892. The molecule has 0 saturated heterocycles. The summed E-state index contributed by atoms with van der Waals surface area (Å²) in [6.45, 7) is 1.58. The van der Waals surface area contributed by atoms with Gasteiger partial charge in [0.1, 0.15) is 0 Å². The number of nitrogens with two attached hydrogens (primary N) is 1. The predicted octanol–water partition coefficient (Wildman–Crippen LogP) is 2.28. The van der Waals surface area contributed by atoms with Crippen LogP contribution in [-0.4, -0.2) is 19.0 Å². The van der Waals surface area contributed by atoms with Crippen LogP contribution in [-0.2, 0) is 17.6 Å². The van der Waals surface area contributed by atoms with Gasteiger partial charge in [0, 0.05) is 12.5 Å². The molecule has 21 heavy (non-hydrogen) atoms. The monoisotopic (exact) mass is 286 g/mol. The van der Waals surface area contributed by atoms with Crippen molar-refractivity contribution in [2.45, 2.75) is 38.5 Å². The van der Waals surface area contributed by atoms with Crippen molar-refractivity contribution in [2.24, 2.45) is 23.5 Å². The third-order valence-electron chi connectivity index (χ3n) is 5.38. The van der Waals surface area contributed by atoms with Gasteiger partial charge >= 0.3 is 0 Å². The Morgan fingerprint density at radius 3 is 2.71 bits per heavy atom. The van der Waals surface area contributed by atoms with Crippen LogP contribution in [0.4, 0.5) is 0 Å². The lowest BCUT2D eigenvalue weighted by atomic mass is 9.83. The van der Waals surface area contributed by atoms with E-state index in [1.807, 2.05) is 0 Å². The average molecular weight is 286 g/mol. The van der Waals surface area contributed by atoms with E-state index in [1.54, 1.807) is 0 Å². The van der Waals surface area contributed by atoms with Crippen LogP contribution in [0.3, 0.4) is 0 Å². The van der Waals surface area contributed by atoms with E-state index in [0.717, 1.165) is 32.4 Å². The molecule has 1 amide bonds. The molecule has 0 aromatic heterocycles. The number of carbonyl (C=O) groups excluding carboxylic acids is 1.